The maximum atomic E-state index is 10.9. The minimum absolute atomic E-state index is 0.0474. The molecule has 0 aromatic heterocycles. The number of rotatable bonds is 4. The van der Waals surface area contributed by atoms with Crippen LogP contribution in [0.1, 0.15) is 51.7 Å². The van der Waals surface area contributed by atoms with Crippen LogP contribution in [0.15, 0.2) is 18.2 Å². The van der Waals surface area contributed by atoms with Gasteiger partial charge in [-0.05, 0) is 37.0 Å². The minimum atomic E-state index is 0.0474. The van der Waals surface area contributed by atoms with Crippen LogP contribution in [0.3, 0.4) is 0 Å². The molecule has 0 N–H and O–H groups in total. The summed E-state index contributed by atoms with van der Waals surface area (Å²) < 4.78 is 5.49. The molecule has 0 heterocycles. The first-order valence-electron chi connectivity index (χ1n) is 6.23. The fraction of sp³-hybridized carbons (Fsp3) is 0.533. The number of carbonyl (C=O) groups excluding carboxylic acids is 1. The monoisotopic (exact) mass is 236 g/mol. The van der Waals surface area contributed by atoms with Crippen molar-refractivity contribution in [1.29, 1.82) is 0 Å². The molecule has 0 saturated heterocycles. The van der Waals surface area contributed by atoms with E-state index in [2.05, 4.69) is 26.0 Å². The molecule has 0 unspecified atom stereocenters. The van der Waals surface area contributed by atoms with Gasteiger partial charge in [-0.2, -0.15) is 0 Å². The maximum absolute atomic E-state index is 10.9. The van der Waals surface area contributed by atoms with E-state index in [-0.39, 0.29) is 12.4 Å². The van der Waals surface area contributed by atoms with Gasteiger partial charge < -0.3 is 4.74 Å². The largest absolute Gasteiger partial charge is 0.486 e. The van der Waals surface area contributed by atoms with Crippen molar-refractivity contribution in [2.75, 3.05) is 6.61 Å². The summed E-state index contributed by atoms with van der Waals surface area (Å²) in [5, 5.41) is 0. The number of hydrogen-bond acceptors (Lipinski definition) is 2. The number of benzene rings is 1. The lowest BCUT2D eigenvalue weighted by Gasteiger charge is -2.13. The van der Waals surface area contributed by atoms with E-state index in [1.54, 1.807) is 0 Å². The predicted molar refractivity (Wildman–Crippen MR) is 72.8 cm³/mol. The molecule has 1 aromatic rings. The fourth-order valence-corrected chi connectivity index (χ4v) is 1.42. The van der Waals surface area contributed by atoms with E-state index in [4.69, 9.17) is 4.74 Å². The standard InChI is InChI=1S/C13H18O2.C2H6/c1-9(2)12-6-5-10(3)7-13(12)15-8-11(4)14;1-2/h5-7,9H,8H2,1-4H3;1-2H3. The molecule has 2 heteroatoms. The number of hydrogen-bond donors (Lipinski definition) is 0. The average Bonchev–Trinajstić information content (AvgIpc) is 2.28. The topological polar surface area (TPSA) is 26.3 Å². The summed E-state index contributed by atoms with van der Waals surface area (Å²) in [6.45, 7) is 11.9. The second-order valence-electron chi connectivity index (χ2n) is 4.19. The smallest absolute Gasteiger partial charge is 0.167 e. The van der Waals surface area contributed by atoms with E-state index in [0.717, 1.165) is 16.9 Å². The third kappa shape index (κ3) is 5.53. The molecule has 0 atom stereocenters. The van der Waals surface area contributed by atoms with Crippen LogP contribution >= 0.6 is 0 Å². The van der Waals surface area contributed by atoms with Gasteiger partial charge >= 0.3 is 0 Å². The lowest BCUT2D eigenvalue weighted by Crippen LogP contribution is -2.08. The van der Waals surface area contributed by atoms with Crippen LogP contribution in [0.4, 0.5) is 0 Å². The molecule has 0 bridgehead atoms. The van der Waals surface area contributed by atoms with Gasteiger partial charge in [0, 0.05) is 0 Å². The Labute approximate surface area is 105 Å². The molecular formula is C15H24O2. The van der Waals surface area contributed by atoms with Gasteiger partial charge in [0.25, 0.3) is 0 Å². The summed E-state index contributed by atoms with van der Waals surface area (Å²) in [7, 11) is 0. The van der Waals surface area contributed by atoms with Crippen LogP contribution < -0.4 is 4.74 Å². The Morgan fingerprint density at radius 3 is 2.35 bits per heavy atom. The molecule has 0 saturated carbocycles. The highest BCUT2D eigenvalue weighted by atomic mass is 16.5. The van der Waals surface area contributed by atoms with Gasteiger partial charge in [-0.3, -0.25) is 4.79 Å². The molecule has 0 aliphatic rings. The summed E-state index contributed by atoms with van der Waals surface area (Å²) in [6.07, 6.45) is 0. The average molecular weight is 236 g/mol. The maximum Gasteiger partial charge on any atom is 0.167 e. The molecule has 0 radical (unpaired) electrons. The highest BCUT2D eigenvalue weighted by Crippen LogP contribution is 2.27. The Morgan fingerprint density at radius 2 is 1.88 bits per heavy atom. The van der Waals surface area contributed by atoms with Crippen molar-refractivity contribution in [2.24, 2.45) is 0 Å². The van der Waals surface area contributed by atoms with Crippen molar-refractivity contribution in [3.8, 4) is 5.75 Å². The highest BCUT2D eigenvalue weighted by Gasteiger charge is 2.08. The van der Waals surface area contributed by atoms with Crippen LogP contribution in [0.25, 0.3) is 0 Å². The van der Waals surface area contributed by atoms with Crippen LogP contribution in [0.2, 0.25) is 0 Å². The number of ether oxygens (including phenoxy) is 1. The Bertz CT molecular complexity index is 354. The Morgan fingerprint density at radius 1 is 1.29 bits per heavy atom. The molecule has 17 heavy (non-hydrogen) atoms. The minimum Gasteiger partial charge on any atom is -0.486 e. The molecular weight excluding hydrogens is 212 g/mol. The van der Waals surface area contributed by atoms with Gasteiger partial charge in [-0.25, -0.2) is 0 Å². The molecule has 0 aliphatic carbocycles. The van der Waals surface area contributed by atoms with E-state index in [1.165, 1.54) is 6.92 Å². The molecule has 0 aliphatic heterocycles. The van der Waals surface area contributed by atoms with Crippen LogP contribution in [0, 0.1) is 6.92 Å². The number of Topliss-reactive ketones (excluding diaryl/α,β-unsaturated/α-hetero) is 1. The Kier molecular flexibility index (Phi) is 7.27. The van der Waals surface area contributed by atoms with Crippen molar-refractivity contribution in [2.45, 2.75) is 47.5 Å². The third-order valence-corrected chi connectivity index (χ3v) is 2.22. The molecule has 1 rings (SSSR count). The molecule has 0 fully saturated rings. The Hall–Kier alpha value is -1.31. The van der Waals surface area contributed by atoms with Crippen molar-refractivity contribution >= 4 is 5.78 Å². The molecule has 2 nitrogen and oxygen atoms in total. The lowest BCUT2D eigenvalue weighted by molar-refractivity contribution is -0.118. The van der Waals surface area contributed by atoms with Crippen LogP contribution in [0.5, 0.6) is 5.75 Å². The second kappa shape index (κ2) is 7.88. The molecule has 0 amide bonds. The van der Waals surface area contributed by atoms with Gasteiger partial charge in [0.05, 0.1) is 0 Å². The van der Waals surface area contributed by atoms with Crippen LogP contribution in [-0.2, 0) is 4.79 Å². The normalized spacial score (nSPS) is 9.59. The quantitative estimate of drug-likeness (QED) is 0.786. The predicted octanol–water partition coefficient (Wildman–Crippen LogP) is 4.11. The van der Waals surface area contributed by atoms with E-state index in [1.807, 2.05) is 26.8 Å². The molecule has 96 valence electrons. The zero-order chi connectivity index (χ0) is 13.4. The molecule has 0 spiro atoms. The highest BCUT2D eigenvalue weighted by molar-refractivity contribution is 5.77. The van der Waals surface area contributed by atoms with Crippen molar-refractivity contribution in [3.05, 3.63) is 29.3 Å². The van der Waals surface area contributed by atoms with E-state index in [9.17, 15) is 4.79 Å². The van der Waals surface area contributed by atoms with Gasteiger partial charge in [-0.1, -0.05) is 39.8 Å². The van der Waals surface area contributed by atoms with Gasteiger partial charge in [0.15, 0.2) is 5.78 Å². The third-order valence-electron chi connectivity index (χ3n) is 2.22. The van der Waals surface area contributed by atoms with Gasteiger partial charge in [0.1, 0.15) is 12.4 Å². The first-order chi connectivity index (χ1) is 8.00. The van der Waals surface area contributed by atoms with Gasteiger partial charge in [-0.15, -0.1) is 0 Å². The van der Waals surface area contributed by atoms with Crippen LogP contribution in [-0.4, -0.2) is 12.4 Å². The van der Waals surface area contributed by atoms with E-state index in [0.29, 0.717) is 5.92 Å². The number of aryl methyl sites for hydroxylation is 1. The van der Waals surface area contributed by atoms with E-state index >= 15 is 0 Å². The van der Waals surface area contributed by atoms with Crippen molar-refractivity contribution < 1.29 is 9.53 Å². The summed E-state index contributed by atoms with van der Waals surface area (Å²) in [5.74, 6) is 1.29. The molecule has 1 aromatic carbocycles. The van der Waals surface area contributed by atoms with E-state index < -0.39 is 0 Å². The zero-order valence-electron chi connectivity index (χ0n) is 11.8. The first kappa shape index (κ1) is 15.7. The van der Waals surface area contributed by atoms with Crippen molar-refractivity contribution in [3.63, 3.8) is 0 Å². The fourth-order valence-electron chi connectivity index (χ4n) is 1.42. The first-order valence-corrected chi connectivity index (χ1v) is 6.23. The Balaban J connectivity index is 0.00000121. The second-order valence-corrected chi connectivity index (χ2v) is 4.19. The number of ketones is 1. The summed E-state index contributed by atoms with van der Waals surface area (Å²) in [5.41, 5.74) is 2.31. The zero-order valence-corrected chi connectivity index (χ0v) is 11.8. The van der Waals surface area contributed by atoms with Crippen molar-refractivity contribution in [1.82, 2.24) is 0 Å². The lowest BCUT2D eigenvalue weighted by atomic mass is 10.0. The summed E-state index contributed by atoms with van der Waals surface area (Å²) in [6, 6.07) is 6.11. The van der Waals surface area contributed by atoms with Gasteiger partial charge in [0.2, 0.25) is 0 Å². The number of carbonyl (C=O) groups is 1. The summed E-state index contributed by atoms with van der Waals surface area (Å²) in [4.78, 5) is 10.9. The summed E-state index contributed by atoms with van der Waals surface area (Å²) >= 11 is 0. The SMILES string of the molecule is CC.CC(=O)COc1cc(C)ccc1C(C)C.